The Morgan fingerprint density at radius 1 is 1.19 bits per heavy atom. The van der Waals surface area contributed by atoms with Gasteiger partial charge in [-0.05, 0) is 41.6 Å². The maximum absolute atomic E-state index is 13.6. The third kappa shape index (κ3) is 4.20. The number of hydrogen-bond donors (Lipinski definition) is 1. The van der Waals surface area contributed by atoms with Crippen LogP contribution < -0.4 is 5.32 Å². The van der Waals surface area contributed by atoms with Crippen molar-refractivity contribution in [3.05, 3.63) is 70.4 Å². The van der Waals surface area contributed by atoms with E-state index < -0.39 is 34.3 Å². The van der Waals surface area contributed by atoms with Gasteiger partial charge in [-0.15, -0.1) is 0 Å². The first-order valence-electron chi connectivity index (χ1n) is 7.85. The van der Waals surface area contributed by atoms with Gasteiger partial charge >= 0.3 is 0 Å². The molecule has 1 aliphatic rings. The van der Waals surface area contributed by atoms with E-state index in [1.54, 1.807) is 30.6 Å². The van der Waals surface area contributed by atoms with E-state index in [2.05, 4.69) is 10.3 Å². The highest BCUT2D eigenvalue weighted by Gasteiger charge is 2.34. The van der Waals surface area contributed by atoms with Crippen LogP contribution in [0.4, 0.5) is 13.6 Å². The van der Waals surface area contributed by atoms with Gasteiger partial charge in [0.15, 0.2) is 0 Å². The summed E-state index contributed by atoms with van der Waals surface area (Å²) in [5.74, 6) is -3.43. The lowest BCUT2D eigenvalue weighted by molar-refractivity contribution is -0.122. The van der Waals surface area contributed by atoms with Crippen LogP contribution in [0.25, 0.3) is 6.08 Å². The van der Waals surface area contributed by atoms with Crippen molar-refractivity contribution in [1.82, 2.24) is 15.2 Å². The summed E-state index contributed by atoms with van der Waals surface area (Å²) in [7, 11) is 0. The number of pyridine rings is 1. The van der Waals surface area contributed by atoms with Crippen LogP contribution in [0.5, 0.6) is 0 Å². The Morgan fingerprint density at radius 3 is 2.59 bits per heavy atom. The predicted molar refractivity (Wildman–Crippen MR) is 95.6 cm³/mol. The van der Waals surface area contributed by atoms with Crippen molar-refractivity contribution < 1.29 is 23.2 Å². The molecule has 27 heavy (non-hydrogen) atoms. The molecule has 1 aromatic carbocycles. The molecule has 2 aromatic rings. The van der Waals surface area contributed by atoms with Crippen molar-refractivity contribution >= 4 is 34.9 Å². The molecule has 1 fully saturated rings. The molecule has 1 aromatic heterocycles. The molecule has 1 saturated heterocycles. The van der Waals surface area contributed by atoms with Crippen LogP contribution >= 0.6 is 11.8 Å². The quantitative estimate of drug-likeness (QED) is 0.796. The average molecular weight is 389 g/mol. The van der Waals surface area contributed by atoms with Gasteiger partial charge in [0, 0.05) is 25.5 Å². The lowest BCUT2D eigenvalue weighted by Crippen LogP contribution is -2.37. The normalized spacial score (nSPS) is 15.5. The third-order valence-corrected chi connectivity index (χ3v) is 4.57. The number of rotatable bonds is 5. The van der Waals surface area contributed by atoms with Crippen molar-refractivity contribution in [2.75, 3.05) is 13.1 Å². The van der Waals surface area contributed by atoms with Gasteiger partial charge in [-0.25, -0.2) is 8.78 Å². The van der Waals surface area contributed by atoms with Gasteiger partial charge in [0.2, 0.25) is 0 Å². The molecule has 138 valence electrons. The SMILES string of the molecule is O=C(NCCN1C(=O)S/C(=C/c2cccnc2)C1=O)c1c(F)cccc1F. The van der Waals surface area contributed by atoms with Crippen LogP contribution in [-0.2, 0) is 4.79 Å². The monoisotopic (exact) mass is 389 g/mol. The number of nitrogens with one attached hydrogen (secondary N) is 1. The fourth-order valence-corrected chi connectivity index (χ4v) is 3.25. The summed E-state index contributed by atoms with van der Waals surface area (Å²) >= 11 is 0.775. The minimum Gasteiger partial charge on any atom is -0.350 e. The number of aromatic nitrogens is 1. The maximum Gasteiger partial charge on any atom is 0.293 e. The molecule has 0 atom stereocenters. The highest BCUT2D eigenvalue weighted by Crippen LogP contribution is 2.31. The van der Waals surface area contributed by atoms with Crippen LogP contribution in [0.2, 0.25) is 0 Å². The number of thioether (sulfide) groups is 1. The fraction of sp³-hybridized carbons (Fsp3) is 0.111. The van der Waals surface area contributed by atoms with Crippen LogP contribution in [0.3, 0.4) is 0 Å². The zero-order valence-corrected chi connectivity index (χ0v) is 14.6. The molecule has 0 saturated carbocycles. The second-order valence-electron chi connectivity index (χ2n) is 5.47. The number of imide groups is 1. The highest BCUT2D eigenvalue weighted by molar-refractivity contribution is 8.18. The minimum atomic E-state index is -0.988. The molecule has 0 unspecified atom stereocenters. The van der Waals surface area contributed by atoms with Gasteiger partial charge in [0.05, 0.1) is 4.91 Å². The molecule has 3 amide bonds. The van der Waals surface area contributed by atoms with Gasteiger partial charge < -0.3 is 5.32 Å². The third-order valence-electron chi connectivity index (χ3n) is 3.67. The standard InChI is InChI=1S/C18H13F2N3O3S/c19-12-4-1-5-13(20)15(12)16(24)22-7-8-23-17(25)14(27-18(23)26)9-11-3-2-6-21-10-11/h1-6,9-10H,7-8H2,(H,22,24)/b14-9+. The van der Waals surface area contributed by atoms with Crippen molar-refractivity contribution in [3.63, 3.8) is 0 Å². The molecule has 2 heterocycles. The molecular formula is C18H13F2N3O3S. The molecule has 6 nitrogen and oxygen atoms in total. The first-order chi connectivity index (χ1) is 13.0. The number of nitrogens with zero attached hydrogens (tertiary/aromatic N) is 2. The van der Waals surface area contributed by atoms with E-state index in [1.165, 1.54) is 0 Å². The van der Waals surface area contributed by atoms with Crippen molar-refractivity contribution in [2.45, 2.75) is 0 Å². The van der Waals surface area contributed by atoms with Gasteiger partial charge in [0.1, 0.15) is 17.2 Å². The largest absolute Gasteiger partial charge is 0.350 e. The Labute approximate surface area is 157 Å². The van der Waals surface area contributed by atoms with Crippen LogP contribution in [-0.4, -0.2) is 40.0 Å². The summed E-state index contributed by atoms with van der Waals surface area (Å²) in [6.07, 6.45) is 4.69. The van der Waals surface area contributed by atoms with Crippen molar-refractivity contribution in [3.8, 4) is 0 Å². The zero-order chi connectivity index (χ0) is 19.4. The lowest BCUT2D eigenvalue weighted by Gasteiger charge is -2.13. The predicted octanol–water partition coefficient (Wildman–Crippen LogP) is 2.83. The maximum atomic E-state index is 13.6. The number of carbonyl (C=O) groups is 3. The molecule has 1 N–H and O–H groups in total. The number of carbonyl (C=O) groups excluding carboxylic acids is 3. The molecular weight excluding hydrogens is 376 g/mol. The zero-order valence-electron chi connectivity index (χ0n) is 13.8. The molecule has 1 aliphatic heterocycles. The van der Waals surface area contributed by atoms with Gasteiger partial charge in [-0.2, -0.15) is 0 Å². The fourth-order valence-electron chi connectivity index (χ4n) is 2.39. The summed E-state index contributed by atoms with van der Waals surface area (Å²) in [6, 6.07) is 6.53. The van der Waals surface area contributed by atoms with E-state index in [0.29, 0.717) is 5.56 Å². The van der Waals surface area contributed by atoms with Gasteiger partial charge in [-0.3, -0.25) is 24.3 Å². The Morgan fingerprint density at radius 2 is 1.93 bits per heavy atom. The smallest absolute Gasteiger partial charge is 0.293 e. The van der Waals surface area contributed by atoms with Crippen LogP contribution in [0, 0.1) is 11.6 Å². The molecule has 0 aliphatic carbocycles. The van der Waals surface area contributed by atoms with E-state index in [9.17, 15) is 23.2 Å². The van der Waals surface area contributed by atoms with E-state index in [-0.39, 0.29) is 18.0 Å². The molecule has 0 bridgehead atoms. The van der Waals surface area contributed by atoms with E-state index >= 15 is 0 Å². The number of halogens is 2. The number of hydrogen-bond acceptors (Lipinski definition) is 5. The van der Waals surface area contributed by atoms with Crippen LogP contribution in [0.1, 0.15) is 15.9 Å². The average Bonchev–Trinajstić information content (AvgIpc) is 2.90. The molecule has 0 spiro atoms. The first-order valence-corrected chi connectivity index (χ1v) is 8.66. The van der Waals surface area contributed by atoms with E-state index in [0.717, 1.165) is 34.9 Å². The number of benzene rings is 1. The molecule has 3 rings (SSSR count). The lowest BCUT2D eigenvalue weighted by atomic mass is 10.2. The van der Waals surface area contributed by atoms with Gasteiger partial charge in [0.25, 0.3) is 17.1 Å². The Balaban J connectivity index is 1.61. The minimum absolute atomic E-state index is 0.114. The van der Waals surface area contributed by atoms with E-state index in [1.807, 2.05) is 0 Å². The second kappa shape index (κ2) is 8.09. The summed E-state index contributed by atoms with van der Waals surface area (Å²) in [4.78, 5) is 41.4. The van der Waals surface area contributed by atoms with Crippen molar-refractivity contribution in [2.24, 2.45) is 0 Å². The molecule has 0 radical (unpaired) electrons. The summed E-state index contributed by atoms with van der Waals surface area (Å²) in [6.45, 7) is -0.248. The molecule has 9 heteroatoms. The first kappa shape index (κ1) is 18.7. The van der Waals surface area contributed by atoms with Crippen molar-refractivity contribution in [1.29, 1.82) is 0 Å². The summed E-state index contributed by atoms with van der Waals surface area (Å²) < 4.78 is 27.2. The topological polar surface area (TPSA) is 79.4 Å². The Hall–Kier alpha value is -3.07. The Kier molecular flexibility index (Phi) is 5.60. The highest BCUT2D eigenvalue weighted by atomic mass is 32.2. The Bertz CT molecular complexity index is 914. The second-order valence-corrected chi connectivity index (χ2v) is 6.47. The summed E-state index contributed by atoms with van der Waals surface area (Å²) in [5, 5.41) is 1.82. The summed E-state index contributed by atoms with van der Waals surface area (Å²) in [5.41, 5.74) is -0.0329. The van der Waals surface area contributed by atoms with Crippen LogP contribution in [0.15, 0.2) is 47.6 Å². The van der Waals surface area contributed by atoms with E-state index in [4.69, 9.17) is 0 Å². The number of amides is 3. The van der Waals surface area contributed by atoms with Gasteiger partial charge in [-0.1, -0.05) is 12.1 Å².